The lowest BCUT2D eigenvalue weighted by molar-refractivity contribution is 0.171. The highest BCUT2D eigenvalue weighted by molar-refractivity contribution is 4.90. The highest BCUT2D eigenvalue weighted by Gasteiger charge is 2.30. The standard InChI is InChI=1S/C12H22N2/c1-2-10(3-1)8-14-7-6-11-4-5-12(9-14)13-11/h10-13H,1-9H2. The molecule has 3 rings (SSSR count). The van der Waals surface area contributed by atoms with Crippen LogP contribution in [0.2, 0.25) is 0 Å². The predicted octanol–water partition coefficient (Wildman–Crippen LogP) is 1.61. The van der Waals surface area contributed by atoms with Crippen LogP contribution in [-0.2, 0) is 0 Å². The van der Waals surface area contributed by atoms with Gasteiger partial charge in [0.25, 0.3) is 0 Å². The molecule has 1 aliphatic carbocycles. The molecule has 80 valence electrons. The quantitative estimate of drug-likeness (QED) is 0.718. The Balaban J connectivity index is 1.53. The van der Waals surface area contributed by atoms with E-state index in [1.54, 1.807) is 0 Å². The summed E-state index contributed by atoms with van der Waals surface area (Å²) in [6.45, 7) is 4.07. The van der Waals surface area contributed by atoms with E-state index in [4.69, 9.17) is 0 Å². The summed E-state index contributed by atoms with van der Waals surface area (Å²) in [5, 5.41) is 3.75. The lowest BCUT2D eigenvalue weighted by Crippen LogP contribution is -2.39. The molecule has 2 heterocycles. The largest absolute Gasteiger partial charge is 0.310 e. The monoisotopic (exact) mass is 194 g/mol. The zero-order chi connectivity index (χ0) is 9.38. The van der Waals surface area contributed by atoms with Crippen LogP contribution in [0.1, 0.15) is 38.5 Å². The highest BCUT2D eigenvalue weighted by atomic mass is 15.2. The molecule has 0 amide bonds. The first-order chi connectivity index (χ1) is 6.90. The van der Waals surface area contributed by atoms with Gasteiger partial charge in [-0.05, 0) is 44.6 Å². The first-order valence-electron chi connectivity index (χ1n) is 6.38. The molecular formula is C12H22N2. The van der Waals surface area contributed by atoms with Gasteiger partial charge in [0.1, 0.15) is 0 Å². The lowest BCUT2D eigenvalue weighted by atomic mass is 9.85. The molecule has 0 spiro atoms. The molecule has 2 unspecified atom stereocenters. The number of likely N-dealkylation sites (tertiary alicyclic amines) is 1. The minimum atomic E-state index is 0.822. The highest BCUT2D eigenvalue weighted by Crippen LogP contribution is 2.28. The van der Waals surface area contributed by atoms with E-state index in [0.29, 0.717) is 0 Å². The third-order valence-electron chi connectivity index (χ3n) is 4.35. The number of hydrogen-bond acceptors (Lipinski definition) is 2. The summed E-state index contributed by atoms with van der Waals surface area (Å²) in [4.78, 5) is 2.72. The summed E-state index contributed by atoms with van der Waals surface area (Å²) in [6, 6.07) is 1.67. The number of nitrogens with zero attached hydrogens (tertiary/aromatic N) is 1. The zero-order valence-electron chi connectivity index (χ0n) is 9.04. The zero-order valence-corrected chi connectivity index (χ0v) is 9.04. The molecule has 2 bridgehead atoms. The van der Waals surface area contributed by atoms with Crippen molar-refractivity contribution in [3.63, 3.8) is 0 Å². The minimum absolute atomic E-state index is 0.822. The second-order valence-corrected chi connectivity index (χ2v) is 5.48. The second kappa shape index (κ2) is 3.82. The summed E-state index contributed by atoms with van der Waals surface area (Å²) < 4.78 is 0. The van der Waals surface area contributed by atoms with E-state index in [2.05, 4.69) is 10.2 Å². The summed E-state index contributed by atoms with van der Waals surface area (Å²) in [7, 11) is 0. The van der Waals surface area contributed by atoms with Crippen molar-refractivity contribution in [1.82, 2.24) is 10.2 Å². The van der Waals surface area contributed by atoms with Gasteiger partial charge in [0, 0.05) is 25.2 Å². The Bertz CT molecular complexity index is 200. The molecule has 2 aliphatic heterocycles. The van der Waals surface area contributed by atoms with Crippen molar-refractivity contribution in [2.75, 3.05) is 19.6 Å². The van der Waals surface area contributed by atoms with E-state index in [0.717, 1.165) is 18.0 Å². The molecule has 2 heteroatoms. The average Bonchev–Trinajstić information content (AvgIpc) is 2.41. The second-order valence-electron chi connectivity index (χ2n) is 5.48. The molecule has 0 radical (unpaired) electrons. The maximum atomic E-state index is 3.75. The van der Waals surface area contributed by atoms with Gasteiger partial charge in [0.15, 0.2) is 0 Å². The normalized spacial score (nSPS) is 39.4. The van der Waals surface area contributed by atoms with Crippen molar-refractivity contribution in [1.29, 1.82) is 0 Å². The van der Waals surface area contributed by atoms with Crippen molar-refractivity contribution in [2.45, 2.75) is 50.6 Å². The maximum absolute atomic E-state index is 3.75. The van der Waals surface area contributed by atoms with Gasteiger partial charge in [0.05, 0.1) is 0 Å². The van der Waals surface area contributed by atoms with Crippen LogP contribution in [-0.4, -0.2) is 36.6 Å². The van der Waals surface area contributed by atoms with Gasteiger partial charge in [-0.2, -0.15) is 0 Å². The SMILES string of the molecule is C1CC(CN2CCC3CCC(C2)N3)C1. The predicted molar refractivity (Wildman–Crippen MR) is 58.3 cm³/mol. The van der Waals surface area contributed by atoms with E-state index in [-0.39, 0.29) is 0 Å². The third kappa shape index (κ3) is 1.82. The fourth-order valence-corrected chi connectivity index (χ4v) is 3.22. The van der Waals surface area contributed by atoms with Gasteiger partial charge < -0.3 is 10.2 Å². The van der Waals surface area contributed by atoms with Crippen LogP contribution in [0.25, 0.3) is 0 Å². The van der Waals surface area contributed by atoms with Gasteiger partial charge >= 0.3 is 0 Å². The maximum Gasteiger partial charge on any atom is 0.0198 e. The lowest BCUT2D eigenvalue weighted by Gasteiger charge is -2.33. The molecule has 2 nitrogen and oxygen atoms in total. The number of fused-ring (bicyclic) bond motifs is 2. The molecule has 1 N–H and O–H groups in total. The first-order valence-corrected chi connectivity index (χ1v) is 6.38. The average molecular weight is 194 g/mol. The van der Waals surface area contributed by atoms with E-state index >= 15 is 0 Å². The van der Waals surface area contributed by atoms with E-state index in [9.17, 15) is 0 Å². The fraction of sp³-hybridized carbons (Fsp3) is 1.00. The minimum Gasteiger partial charge on any atom is -0.310 e. The number of nitrogens with one attached hydrogen (secondary N) is 1. The summed E-state index contributed by atoms with van der Waals surface area (Å²) >= 11 is 0. The number of rotatable bonds is 2. The molecule has 2 atom stereocenters. The molecule has 0 aromatic heterocycles. The number of hydrogen-bond donors (Lipinski definition) is 1. The van der Waals surface area contributed by atoms with Gasteiger partial charge in [-0.15, -0.1) is 0 Å². The van der Waals surface area contributed by atoms with Crippen LogP contribution in [0, 0.1) is 5.92 Å². The van der Waals surface area contributed by atoms with Crippen molar-refractivity contribution in [2.24, 2.45) is 5.92 Å². The van der Waals surface area contributed by atoms with Crippen LogP contribution in [0.15, 0.2) is 0 Å². The molecule has 0 aromatic rings. The van der Waals surface area contributed by atoms with Gasteiger partial charge in [0.2, 0.25) is 0 Å². The van der Waals surface area contributed by atoms with Crippen molar-refractivity contribution < 1.29 is 0 Å². The molecule has 3 fully saturated rings. The Morgan fingerprint density at radius 3 is 2.64 bits per heavy atom. The Morgan fingerprint density at radius 2 is 1.86 bits per heavy atom. The fourth-order valence-electron chi connectivity index (χ4n) is 3.22. The Kier molecular flexibility index (Phi) is 2.50. The molecule has 0 aromatic carbocycles. The van der Waals surface area contributed by atoms with Crippen LogP contribution in [0.4, 0.5) is 0 Å². The van der Waals surface area contributed by atoms with Crippen LogP contribution in [0.3, 0.4) is 0 Å². The Labute approximate surface area is 87.0 Å². The van der Waals surface area contributed by atoms with Crippen molar-refractivity contribution in [3.8, 4) is 0 Å². The summed E-state index contributed by atoms with van der Waals surface area (Å²) in [6.07, 6.45) is 8.73. The van der Waals surface area contributed by atoms with Gasteiger partial charge in [-0.3, -0.25) is 0 Å². The van der Waals surface area contributed by atoms with Gasteiger partial charge in [-0.25, -0.2) is 0 Å². The Hall–Kier alpha value is -0.0800. The molecule has 1 saturated carbocycles. The Morgan fingerprint density at radius 1 is 1.00 bits per heavy atom. The third-order valence-corrected chi connectivity index (χ3v) is 4.35. The van der Waals surface area contributed by atoms with Crippen molar-refractivity contribution >= 4 is 0 Å². The molecule has 2 saturated heterocycles. The van der Waals surface area contributed by atoms with Crippen LogP contribution < -0.4 is 5.32 Å². The van der Waals surface area contributed by atoms with Gasteiger partial charge in [-0.1, -0.05) is 6.42 Å². The molecular weight excluding hydrogens is 172 g/mol. The summed E-state index contributed by atoms with van der Waals surface area (Å²) in [5.41, 5.74) is 0. The van der Waals surface area contributed by atoms with E-state index < -0.39 is 0 Å². The van der Waals surface area contributed by atoms with Crippen LogP contribution >= 0.6 is 0 Å². The van der Waals surface area contributed by atoms with E-state index in [1.807, 2.05) is 0 Å². The topological polar surface area (TPSA) is 15.3 Å². The summed E-state index contributed by atoms with van der Waals surface area (Å²) in [5.74, 6) is 1.05. The smallest absolute Gasteiger partial charge is 0.0198 e. The molecule has 14 heavy (non-hydrogen) atoms. The van der Waals surface area contributed by atoms with Crippen molar-refractivity contribution in [3.05, 3.63) is 0 Å². The van der Waals surface area contributed by atoms with E-state index in [1.165, 1.54) is 58.2 Å². The molecule has 3 aliphatic rings. The first kappa shape index (κ1) is 9.17. The van der Waals surface area contributed by atoms with Crippen LogP contribution in [0.5, 0.6) is 0 Å².